The van der Waals surface area contributed by atoms with E-state index in [9.17, 15) is 5.11 Å². The first kappa shape index (κ1) is 14.2. The van der Waals surface area contributed by atoms with Crippen LogP contribution in [0.4, 0.5) is 0 Å². The van der Waals surface area contributed by atoms with E-state index in [1.165, 1.54) is 0 Å². The van der Waals surface area contributed by atoms with Crippen LogP contribution in [0.15, 0.2) is 42.5 Å². The fraction of sp³-hybridized carbons (Fsp3) is 0.200. The van der Waals surface area contributed by atoms with Crippen LogP contribution in [0.3, 0.4) is 0 Å². The van der Waals surface area contributed by atoms with Gasteiger partial charge in [0.15, 0.2) is 0 Å². The Morgan fingerprint density at radius 2 is 1.89 bits per heavy atom. The van der Waals surface area contributed by atoms with Crippen LogP contribution in [-0.4, -0.2) is 5.11 Å². The lowest BCUT2D eigenvalue weighted by molar-refractivity contribution is 0.460. The van der Waals surface area contributed by atoms with Crippen molar-refractivity contribution in [2.75, 3.05) is 0 Å². The normalized spacial score (nSPS) is 12.4. The van der Waals surface area contributed by atoms with Crippen LogP contribution in [0.2, 0.25) is 10.0 Å². The van der Waals surface area contributed by atoms with Gasteiger partial charge < -0.3 is 10.4 Å². The van der Waals surface area contributed by atoms with Crippen molar-refractivity contribution in [1.82, 2.24) is 5.32 Å². The minimum absolute atomic E-state index is 0.134. The molecule has 0 amide bonds. The second-order valence-electron chi connectivity index (χ2n) is 4.41. The van der Waals surface area contributed by atoms with Crippen molar-refractivity contribution in [3.63, 3.8) is 0 Å². The van der Waals surface area contributed by atoms with Gasteiger partial charge in [-0.25, -0.2) is 0 Å². The molecule has 0 spiro atoms. The molecule has 2 rings (SSSR count). The minimum Gasteiger partial charge on any atom is -0.506 e. The zero-order valence-electron chi connectivity index (χ0n) is 10.5. The van der Waals surface area contributed by atoms with E-state index in [4.69, 9.17) is 23.2 Å². The molecule has 0 unspecified atom stereocenters. The van der Waals surface area contributed by atoms with Crippen molar-refractivity contribution in [1.29, 1.82) is 0 Å². The molecule has 1 atom stereocenters. The van der Waals surface area contributed by atoms with Crippen LogP contribution in [0, 0.1) is 0 Å². The number of aromatic hydroxyl groups is 1. The van der Waals surface area contributed by atoms with Gasteiger partial charge in [-0.05, 0) is 30.7 Å². The van der Waals surface area contributed by atoms with Crippen LogP contribution in [-0.2, 0) is 6.54 Å². The number of para-hydroxylation sites is 1. The molecule has 2 aromatic rings. The number of hydrogen-bond acceptors (Lipinski definition) is 2. The lowest BCUT2D eigenvalue weighted by Crippen LogP contribution is -2.18. The second kappa shape index (κ2) is 6.29. The van der Waals surface area contributed by atoms with Crippen molar-refractivity contribution in [3.05, 3.63) is 63.6 Å². The molecule has 2 aromatic carbocycles. The maximum Gasteiger partial charge on any atom is 0.138 e. The summed E-state index contributed by atoms with van der Waals surface area (Å²) < 4.78 is 0. The van der Waals surface area contributed by atoms with Gasteiger partial charge in [0.25, 0.3) is 0 Å². The third kappa shape index (κ3) is 3.63. The Morgan fingerprint density at radius 3 is 2.63 bits per heavy atom. The van der Waals surface area contributed by atoms with Crippen molar-refractivity contribution >= 4 is 23.2 Å². The maximum atomic E-state index is 9.83. The molecule has 0 aliphatic heterocycles. The summed E-state index contributed by atoms with van der Waals surface area (Å²) in [6.45, 7) is 2.59. The first-order valence-corrected chi connectivity index (χ1v) is 6.78. The van der Waals surface area contributed by atoms with E-state index >= 15 is 0 Å². The zero-order chi connectivity index (χ0) is 13.8. The predicted molar refractivity (Wildman–Crippen MR) is 79.8 cm³/mol. The molecule has 0 saturated heterocycles. The molecule has 0 fully saturated rings. The van der Waals surface area contributed by atoms with Gasteiger partial charge in [0, 0.05) is 23.2 Å². The Hall–Kier alpha value is -1.22. The van der Waals surface area contributed by atoms with Crippen LogP contribution >= 0.6 is 23.2 Å². The Balaban J connectivity index is 2.04. The molecule has 0 aromatic heterocycles. The van der Waals surface area contributed by atoms with Crippen molar-refractivity contribution in [2.24, 2.45) is 0 Å². The molecule has 4 heteroatoms. The first-order valence-electron chi connectivity index (χ1n) is 6.03. The Bertz CT molecular complexity index is 572. The van der Waals surface area contributed by atoms with Crippen LogP contribution < -0.4 is 5.32 Å². The number of nitrogens with one attached hydrogen (secondary N) is 1. The average molecular weight is 296 g/mol. The fourth-order valence-electron chi connectivity index (χ4n) is 1.86. The summed E-state index contributed by atoms with van der Waals surface area (Å²) in [4.78, 5) is 0. The summed E-state index contributed by atoms with van der Waals surface area (Å²) in [6.07, 6.45) is 0. The second-order valence-corrected chi connectivity index (χ2v) is 5.25. The smallest absolute Gasteiger partial charge is 0.138 e. The SMILES string of the molecule is C[C@@H](NCc1cccc(Cl)c1O)c1cccc(Cl)c1. The molecular weight excluding hydrogens is 281 g/mol. The average Bonchev–Trinajstić information content (AvgIpc) is 2.40. The monoisotopic (exact) mass is 295 g/mol. The molecular formula is C15H15Cl2NO. The number of benzene rings is 2. The third-order valence-corrected chi connectivity index (χ3v) is 3.56. The van der Waals surface area contributed by atoms with E-state index in [2.05, 4.69) is 5.32 Å². The molecule has 0 heterocycles. The molecule has 100 valence electrons. The summed E-state index contributed by atoms with van der Waals surface area (Å²) in [6, 6.07) is 13.2. The van der Waals surface area contributed by atoms with Gasteiger partial charge in [0.1, 0.15) is 5.75 Å². The lowest BCUT2D eigenvalue weighted by Gasteiger charge is -2.15. The van der Waals surface area contributed by atoms with E-state index in [1.807, 2.05) is 43.3 Å². The van der Waals surface area contributed by atoms with Crippen molar-refractivity contribution in [2.45, 2.75) is 19.5 Å². The number of phenolic OH excluding ortho intramolecular Hbond substituents is 1. The van der Waals surface area contributed by atoms with Gasteiger partial charge in [-0.2, -0.15) is 0 Å². The van der Waals surface area contributed by atoms with Crippen LogP contribution in [0.1, 0.15) is 24.1 Å². The van der Waals surface area contributed by atoms with E-state index in [0.717, 1.165) is 16.1 Å². The minimum atomic E-state index is 0.134. The first-order chi connectivity index (χ1) is 9.08. The Labute approximate surface area is 123 Å². The summed E-state index contributed by atoms with van der Waals surface area (Å²) in [7, 11) is 0. The van der Waals surface area contributed by atoms with E-state index in [0.29, 0.717) is 11.6 Å². The highest BCUT2D eigenvalue weighted by Gasteiger charge is 2.08. The number of phenols is 1. The van der Waals surface area contributed by atoms with E-state index in [1.54, 1.807) is 6.07 Å². The van der Waals surface area contributed by atoms with Crippen molar-refractivity contribution in [3.8, 4) is 5.75 Å². The van der Waals surface area contributed by atoms with Gasteiger partial charge in [0.2, 0.25) is 0 Å². The maximum absolute atomic E-state index is 9.83. The fourth-order valence-corrected chi connectivity index (χ4v) is 2.25. The predicted octanol–water partition coefficient (Wildman–Crippen LogP) is 4.55. The van der Waals surface area contributed by atoms with E-state index < -0.39 is 0 Å². The third-order valence-electron chi connectivity index (χ3n) is 3.02. The summed E-state index contributed by atoms with van der Waals surface area (Å²) in [5.41, 5.74) is 1.88. The topological polar surface area (TPSA) is 32.3 Å². The van der Waals surface area contributed by atoms with Crippen molar-refractivity contribution < 1.29 is 5.11 Å². The zero-order valence-corrected chi connectivity index (χ0v) is 12.0. The number of hydrogen-bond donors (Lipinski definition) is 2. The Morgan fingerprint density at radius 1 is 1.16 bits per heavy atom. The Kier molecular flexibility index (Phi) is 4.70. The molecule has 0 aliphatic carbocycles. The van der Waals surface area contributed by atoms with Gasteiger partial charge >= 0.3 is 0 Å². The largest absolute Gasteiger partial charge is 0.506 e. The van der Waals surface area contributed by atoms with Gasteiger partial charge in [0.05, 0.1) is 5.02 Å². The molecule has 2 N–H and O–H groups in total. The standard InChI is InChI=1S/C15H15Cl2NO/c1-10(11-4-2-6-13(16)8-11)18-9-12-5-3-7-14(17)15(12)19/h2-8,10,18-19H,9H2,1H3/t10-/m1/s1. The van der Waals surface area contributed by atoms with Crippen LogP contribution in [0.5, 0.6) is 5.75 Å². The summed E-state index contributed by atoms with van der Waals surface area (Å²) >= 11 is 11.8. The molecule has 2 nitrogen and oxygen atoms in total. The molecule has 0 radical (unpaired) electrons. The lowest BCUT2D eigenvalue weighted by atomic mass is 10.1. The summed E-state index contributed by atoms with van der Waals surface area (Å²) in [5, 5.41) is 14.3. The summed E-state index contributed by atoms with van der Waals surface area (Å²) in [5.74, 6) is 0.134. The van der Waals surface area contributed by atoms with Gasteiger partial charge in [-0.1, -0.05) is 47.5 Å². The quantitative estimate of drug-likeness (QED) is 0.867. The highest BCUT2D eigenvalue weighted by molar-refractivity contribution is 6.32. The highest BCUT2D eigenvalue weighted by Crippen LogP contribution is 2.27. The number of halogens is 2. The highest BCUT2D eigenvalue weighted by atomic mass is 35.5. The van der Waals surface area contributed by atoms with Crippen LogP contribution in [0.25, 0.3) is 0 Å². The molecule has 19 heavy (non-hydrogen) atoms. The molecule has 0 aliphatic rings. The number of rotatable bonds is 4. The molecule has 0 bridgehead atoms. The molecule has 0 saturated carbocycles. The van der Waals surface area contributed by atoms with Gasteiger partial charge in [-0.15, -0.1) is 0 Å². The van der Waals surface area contributed by atoms with E-state index in [-0.39, 0.29) is 11.8 Å². The van der Waals surface area contributed by atoms with Gasteiger partial charge in [-0.3, -0.25) is 0 Å².